The lowest BCUT2D eigenvalue weighted by Gasteiger charge is -2.10. The third-order valence-corrected chi connectivity index (χ3v) is 3.62. The van der Waals surface area contributed by atoms with Crippen molar-refractivity contribution in [1.82, 2.24) is 0 Å². The molecule has 0 unspecified atom stereocenters. The number of carbonyl (C=O) groups is 1. The third kappa shape index (κ3) is 3.85. The number of aryl methyl sites for hydroxylation is 2. The first-order chi connectivity index (χ1) is 10.0. The van der Waals surface area contributed by atoms with Crippen LogP contribution in [0.5, 0.6) is 11.5 Å². The second-order valence-corrected chi connectivity index (χ2v) is 5.59. The van der Waals surface area contributed by atoms with Gasteiger partial charge in [-0.2, -0.15) is 0 Å². The van der Waals surface area contributed by atoms with Gasteiger partial charge in [-0.15, -0.1) is 0 Å². The van der Waals surface area contributed by atoms with Crippen LogP contribution in [-0.2, 0) is 0 Å². The molecule has 0 aromatic heterocycles. The number of hydrogen-bond acceptors (Lipinski definition) is 3. The summed E-state index contributed by atoms with van der Waals surface area (Å²) in [5.74, 6) is 0.905. The van der Waals surface area contributed by atoms with E-state index in [-0.39, 0.29) is 5.97 Å². The Hall–Kier alpha value is -1.81. The van der Waals surface area contributed by atoms with Crippen molar-refractivity contribution in [2.45, 2.75) is 20.8 Å². The normalized spacial score (nSPS) is 10.3. The molecule has 0 radical (unpaired) electrons. The quantitative estimate of drug-likeness (QED) is 0.594. The standard InChI is InChI=1S/C17H17BrO3/c1-4-20-16-8-6-13(10-14(16)18)17(19)21-15-7-5-11(2)9-12(15)3/h5-10H,4H2,1-3H3. The maximum absolute atomic E-state index is 12.2. The highest BCUT2D eigenvalue weighted by Crippen LogP contribution is 2.27. The lowest BCUT2D eigenvalue weighted by molar-refractivity contribution is 0.0733. The minimum absolute atomic E-state index is 0.384. The van der Waals surface area contributed by atoms with Crippen molar-refractivity contribution < 1.29 is 14.3 Å². The number of halogens is 1. The van der Waals surface area contributed by atoms with E-state index in [0.717, 1.165) is 15.6 Å². The van der Waals surface area contributed by atoms with Crippen LogP contribution < -0.4 is 9.47 Å². The largest absolute Gasteiger partial charge is 0.493 e. The van der Waals surface area contributed by atoms with Gasteiger partial charge in [-0.3, -0.25) is 0 Å². The average molecular weight is 349 g/mol. The van der Waals surface area contributed by atoms with Crippen LogP contribution in [0.1, 0.15) is 28.4 Å². The number of esters is 1. The zero-order chi connectivity index (χ0) is 15.4. The summed E-state index contributed by atoms with van der Waals surface area (Å²) in [6.07, 6.45) is 0. The number of rotatable bonds is 4. The second kappa shape index (κ2) is 6.76. The van der Waals surface area contributed by atoms with Gasteiger partial charge in [0.15, 0.2) is 0 Å². The van der Waals surface area contributed by atoms with Gasteiger partial charge in [-0.25, -0.2) is 4.79 Å². The molecule has 0 bridgehead atoms. The summed E-state index contributed by atoms with van der Waals surface area (Å²) < 4.78 is 11.6. The monoisotopic (exact) mass is 348 g/mol. The Balaban J connectivity index is 2.18. The van der Waals surface area contributed by atoms with Crippen LogP contribution >= 0.6 is 15.9 Å². The summed E-state index contributed by atoms with van der Waals surface area (Å²) in [6, 6.07) is 10.9. The molecule has 2 aromatic rings. The molecule has 110 valence electrons. The van der Waals surface area contributed by atoms with Crippen LogP contribution in [0.15, 0.2) is 40.9 Å². The summed E-state index contributed by atoms with van der Waals surface area (Å²) in [7, 11) is 0. The fourth-order valence-electron chi connectivity index (χ4n) is 1.97. The molecular weight excluding hydrogens is 332 g/mol. The molecule has 0 amide bonds. The summed E-state index contributed by atoms with van der Waals surface area (Å²) >= 11 is 3.39. The molecule has 0 aliphatic heterocycles. The first-order valence-corrected chi connectivity index (χ1v) is 7.52. The van der Waals surface area contributed by atoms with Gasteiger partial charge in [0.05, 0.1) is 16.6 Å². The van der Waals surface area contributed by atoms with E-state index in [1.54, 1.807) is 18.2 Å². The van der Waals surface area contributed by atoms with Crippen LogP contribution in [0.4, 0.5) is 0 Å². The van der Waals surface area contributed by atoms with Crippen LogP contribution in [0.2, 0.25) is 0 Å². The Morgan fingerprint density at radius 2 is 1.81 bits per heavy atom. The molecule has 2 rings (SSSR count). The molecule has 0 aliphatic carbocycles. The Kier molecular flexibility index (Phi) is 5.02. The minimum atomic E-state index is -0.384. The lowest BCUT2D eigenvalue weighted by atomic mass is 10.1. The van der Waals surface area contributed by atoms with Crippen LogP contribution in [0.25, 0.3) is 0 Å². The highest BCUT2D eigenvalue weighted by molar-refractivity contribution is 9.10. The van der Waals surface area contributed by atoms with Gasteiger partial charge in [-0.1, -0.05) is 17.7 Å². The number of hydrogen-bond donors (Lipinski definition) is 0. The van der Waals surface area contributed by atoms with E-state index >= 15 is 0 Å². The summed E-state index contributed by atoms with van der Waals surface area (Å²) in [4.78, 5) is 12.2. The Morgan fingerprint density at radius 3 is 2.43 bits per heavy atom. The van der Waals surface area contributed by atoms with Crippen LogP contribution in [0, 0.1) is 13.8 Å². The van der Waals surface area contributed by atoms with Crippen molar-refractivity contribution in [1.29, 1.82) is 0 Å². The average Bonchev–Trinajstić information content (AvgIpc) is 2.44. The van der Waals surface area contributed by atoms with Crippen LogP contribution in [-0.4, -0.2) is 12.6 Å². The molecule has 0 aliphatic rings. The van der Waals surface area contributed by atoms with E-state index in [9.17, 15) is 4.79 Å². The van der Waals surface area contributed by atoms with E-state index in [1.165, 1.54) is 0 Å². The van der Waals surface area contributed by atoms with Gasteiger partial charge in [0.2, 0.25) is 0 Å². The van der Waals surface area contributed by atoms with Crippen molar-refractivity contribution in [3.63, 3.8) is 0 Å². The van der Waals surface area contributed by atoms with E-state index < -0.39 is 0 Å². The first-order valence-electron chi connectivity index (χ1n) is 6.73. The molecule has 0 saturated heterocycles. The van der Waals surface area contributed by atoms with Crippen molar-refractivity contribution in [3.8, 4) is 11.5 Å². The van der Waals surface area contributed by atoms with Gasteiger partial charge in [0.1, 0.15) is 11.5 Å². The summed E-state index contributed by atoms with van der Waals surface area (Å²) in [5, 5.41) is 0. The predicted molar refractivity (Wildman–Crippen MR) is 86.2 cm³/mol. The maximum Gasteiger partial charge on any atom is 0.343 e. The molecule has 4 heteroatoms. The Labute approximate surface area is 133 Å². The van der Waals surface area contributed by atoms with Gasteiger partial charge in [0.25, 0.3) is 0 Å². The SMILES string of the molecule is CCOc1ccc(C(=O)Oc2ccc(C)cc2C)cc1Br. The molecule has 0 saturated carbocycles. The number of benzene rings is 2. The van der Waals surface area contributed by atoms with Crippen molar-refractivity contribution >= 4 is 21.9 Å². The van der Waals surface area contributed by atoms with Crippen LogP contribution in [0.3, 0.4) is 0 Å². The zero-order valence-corrected chi connectivity index (χ0v) is 13.9. The molecule has 3 nitrogen and oxygen atoms in total. The van der Waals surface area contributed by atoms with Gasteiger partial charge in [0, 0.05) is 0 Å². The molecule has 0 heterocycles. The molecule has 0 N–H and O–H groups in total. The highest BCUT2D eigenvalue weighted by atomic mass is 79.9. The highest BCUT2D eigenvalue weighted by Gasteiger charge is 2.12. The number of ether oxygens (including phenoxy) is 2. The second-order valence-electron chi connectivity index (χ2n) is 4.74. The van der Waals surface area contributed by atoms with E-state index in [4.69, 9.17) is 9.47 Å². The Bertz CT molecular complexity index is 665. The first kappa shape index (κ1) is 15.6. The van der Waals surface area contributed by atoms with E-state index in [2.05, 4.69) is 15.9 Å². The van der Waals surface area contributed by atoms with Crippen molar-refractivity contribution in [2.75, 3.05) is 6.61 Å². The summed E-state index contributed by atoms with van der Waals surface area (Å²) in [6.45, 7) is 6.41. The maximum atomic E-state index is 12.2. The topological polar surface area (TPSA) is 35.5 Å². The molecule has 21 heavy (non-hydrogen) atoms. The summed E-state index contributed by atoms with van der Waals surface area (Å²) in [5.41, 5.74) is 2.55. The van der Waals surface area contributed by atoms with E-state index in [1.807, 2.05) is 39.0 Å². The van der Waals surface area contributed by atoms with Crippen molar-refractivity contribution in [3.05, 3.63) is 57.6 Å². The van der Waals surface area contributed by atoms with Gasteiger partial charge >= 0.3 is 5.97 Å². The smallest absolute Gasteiger partial charge is 0.343 e. The van der Waals surface area contributed by atoms with Gasteiger partial charge in [-0.05, 0) is 66.5 Å². The zero-order valence-electron chi connectivity index (χ0n) is 12.3. The predicted octanol–water partition coefficient (Wildman–Crippen LogP) is 4.68. The minimum Gasteiger partial charge on any atom is -0.493 e. The lowest BCUT2D eigenvalue weighted by Crippen LogP contribution is -2.09. The van der Waals surface area contributed by atoms with Crippen molar-refractivity contribution in [2.24, 2.45) is 0 Å². The number of carbonyl (C=O) groups excluding carboxylic acids is 1. The molecule has 0 fully saturated rings. The molecule has 0 atom stereocenters. The third-order valence-electron chi connectivity index (χ3n) is 3.00. The van der Waals surface area contributed by atoms with Gasteiger partial charge < -0.3 is 9.47 Å². The molecule has 2 aromatic carbocycles. The molecular formula is C17H17BrO3. The Morgan fingerprint density at radius 1 is 1.10 bits per heavy atom. The van der Waals surface area contributed by atoms with E-state index in [0.29, 0.717) is 23.7 Å². The molecule has 0 spiro atoms. The fraction of sp³-hybridized carbons (Fsp3) is 0.235. The fourth-order valence-corrected chi connectivity index (χ4v) is 2.47.